The highest BCUT2D eigenvalue weighted by Gasteiger charge is 2.23. The van der Waals surface area contributed by atoms with E-state index in [0.29, 0.717) is 24.1 Å². The van der Waals surface area contributed by atoms with Crippen molar-refractivity contribution in [2.75, 3.05) is 18.4 Å². The van der Waals surface area contributed by atoms with Gasteiger partial charge in [-0.05, 0) is 44.7 Å². The maximum Gasteiger partial charge on any atom is 0.241 e. The average Bonchev–Trinajstić information content (AvgIpc) is 2.98. The van der Waals surface area contributed by atoms with Crippen molar-refractivity contribution in [3.8, 4) is 0 Å². The molecule has 120 valence electrons. The summed E-state index contributed by atoms with van der Waals surface area (Å²) in [4.78, 5) is 23.6. The van der Waals surface area contributed by atoms with E-state index in [1.54, 1.807) is 17.1 Å². The van der Waals surface area contributed by atoms with Gasteiger partial charge in [-0.1, -0.05) is 0 Å². The minimum absolute atomic E-state index is 0.00822. The minimum Gasteiger partial charge on any atom is -0.352 e. The maximum absolute atomic E-state index is 11.9. The van der Waals surface area contributed by atoms with Gasteiger partial charge in [0.15, 0.2) is 0 Å². The van der Waals surface area contributed by atoms with Crippen molar-refractivity contribution in [1.82, 2.24) is 20.4 Å². The third-order valence-corrected chi connectivity index (χ3v) is 4.11. The van der Waals surface area contributed by atoms with Crippen molar-refractivity contribution in [2.45, 2.75) is 44.7 Å². The predicted molar refractivity (Wildman–Crippen MR) is 82.2 cm³/mol. The second-order valence-corrected chi connectivity index (χ2v) is 6.21. The normalized spacial score (nSPS) is 20.8. The number of hydrogen-bond acceptors (Lipinski definition) is 4. The van der Waals surface area contributed by atoms with Gasteiger partial charge in [-0.2, -0.15) is 5.10 Å². The molecule has 7 heteroatoms. The molecule has 2 aliphatic rings. The Labute approximate surface area is 129 Å². The molecule has 1 saturated carbocycles. The van der Waals surface area contributed by atoms with Crippen molar-refractivity contribution in [3.63, 3.8) is 0 Å². The number of nitrogens with one attached hydrogen (secondary N) is 3. The third-order valence-electron chi connectivity index (χ3n) is 4.11. The van der Waals surface area contributed by atoms with Crippen LogP contribution in [0, 0.1) is 5.92 Å². The fraction of sp³-hybridized carbons (Fsp3) is 0.667. The molecule has 7 nitrogen and oxygen atoms in total. The molecule has 1 aromatic heterocycles. The molecule has 1 atom stereocenters. The summed E-state index contributed by atoms with van der Waals surface area (Å²) in [7, 11) is 0. The molecule has 2 amide bonds. The van der Waals surface area contributed by atoms with Gasteiger partial charge in [-0.25, -0.2) is 0 Å². The Morgan fingerprint density at radius 3 is 2.91 bits per heavy atom. The Morgan fingerprint density at radius 1 is 1.32 bits per heavy atom. The molecule has 1 unspecified atom stereocenters. The molecule has 3 N–H and O–H groups in total. The van der Waals surface area contributed by atoms with Crippen molar-refractivity contribution in [3.05, 3.63) is 12.4 Å². The van der Waals surface area contributed by atoms with Crippen LogP contribution >= 0.6 is 0 Å². The molecule has 2 heterocycles. The number of hydrogen-bond donors (Lipinski definition) is 3. The smallest absolute Gasteiger partial charge is 0.241 e. The molecule has 22 heavy (non-hydrogen) atoms. The number of carbonyl (C=O) groups excluding carboxylic acids is 2. The Balaban J connectivity index is 1.40. The predicted octanol–water partition coefficient (Wildman–Crippen LogP) is 0.490. The van der Waals surface area contributed by atoms with Crippen LogP contribution in [0.4, 0.5) is 5.69 Å². The van der Waals surface area contributed by atoms with Gasteiger partial charge in [0.2, 0.25) is 11.8 Å². The van der Waals surface area contributed by atoms with Gasteiger partial charge in [-0.15, -0.1) is 0 Å². The summed E-state index contributed by atoms with van der Waals surface area (Å²) in [6.45, 7) is 2.27. The Hall–Kier alpha value is -1.89. The number of rotatable bonds is 7. The van der Waals surface area contributed by atoms with E-state index in [9.17, 15) is 9.59 Å². The highest BCUT2D eigenvalue weighted by atomic mass is 16.2. The van der Waals surface area contributed by atoms with Gasteiger partial charge in [0.05, 0.1) is 11.9 Å². The molecule has 0 radical (unpaired) electrons. The SMILES string of the molecule is O=C(CCC1CCNC1)Nc1cnn(CC(=O)NC2CC2)c1. The lowest BCUT2D eigenvalue weighted by Gasteiger charge is -2.07. The van der Waals surface area contributed by atoms with Crippen molar-refractivity contribution < 1.29 is 9.59 Å². The summed E-state index contributed by atoms with van der Waals surface area (Å²) in [5.74, 6) is 0.589. The van der Waals surface area contributed by atoms with Crippen molar-refractivity contribution in [1.29, 1.82) is 0 Å². The minimum atomic E-state index is -0.0304. The van der Waals surface area contributed by atoms with Crippen LogP contribution in [0.2, 0.25) is 0 Å². The Bertz CT molecular complexity index is 532. The lowest BCUT2D eigenvalue weighted by atomic mass is 10.0. The highest BCUT2D eigenvalue weighted by molar-refractivity contribution is 5.90. The summed E-state index contributed by atoms with van der Waals surface area (Å²) in [6.07, 6.45) is 8.02. The monoisotopic (exact) mass is 305 g/mol. The lowest BCUT2D eigenvalue weighted by molar-refractivity contribution is -0.122. The van der Waals surface area contributed by atoms with E-state index in [1.807, 2.05) is 0 Å². The average molecular weight is 305 g/mol. The molecular formula is C15H23N5O2. The molecule has 2 fully saturated rings. The van der Waals surface area contributed by atoms with E-state index in [2.05, 4.69) is 21.0 Å². The number of amides is 2. The van der Waals surface area contributed by atoms with Crippen LogP contribution in [0.3, 0.4) is 0 Å². The van der Waals surface area contributed by atoms with Gasteiger partial charge in [0, 0.05) is 18.7 Å². The summed E-state index contributed by atoms with van der Waals surface area (Å²) in [5, 5.41) is 13.2. The third kappa shape index (κ3) is 4.56. The molecule has 0 aromatic carbocycles. The van der Waals surface area contributed by atoms with E-state index in [4.69, 9.17) is 0 Å². The van der Waals surface area contributed by atoms with Gasteiger partial charge in [0.1, 0.15) is 6.54 Å². The maximum atomic E-state index is 11.9. The van der Waals surface area contributed by atoms with Crippen LogP contribution < -0.4 is 16.0 Å². The van der Waals surface area contributed by atoms with E-state index in [0.717, 1.165) is 38.8 Å². The first-order valence-corrected chi connectivity index (χ1v) is 8.01. The van der Waals surface area contributed by atoms with E-state index < -0.39 is 0 Å². The first-order chi connectivity index (χ1) is 10.7. The molecule has 0 spiro atoms. The van der Waals surface area contributed by atoms with Gasteiger partial charge < -0.3 is 16.0 Å². The summed E-state index contributed by atoms with van der Waals surface area (Å²) < 4.78 is 1.55. The van der Waals surface area contributed by atoms with Crippen LogP contribution in [0.15, 0.2) is 12.4 Å². The van der Waals surface area contributed by atoms with Crippen LogP contribution in [-0.4, -0.2) is 40.7 Å². The highest BCUT2D eigenvalue weighted by Crippen LogP contribution is 2.18. The Morgan fingerprint density at radius 2 is 2.18 bits per heavy atom. The number of carbonyl (C=O) groups is 2. The van der Waals surface area contributed by atoms with E-state index in [-0.39, 0.29) is 18.4 Å². The summed E-state index contributed by atoms with van der Waals surface area (Å²) >= 11 is 0. The van der Waals surface area contributed by atoms with E-state index >= 15 is 0 Å². The fourth-order valence-corrected chi connectivity index (χ4v) is 2.68. The summed E-state index contributed by atoms with van der Waals surface area (Å²) in [5.41, 5.74) is 0.647. The number of nitrogens with zero attached hydrogens (tertiary/aromatic N) is 2. The van der Waals surface area contributed by atoms with Crippen LogP contribution in [-0.2, 0) is 16.1 Å². The zero-order valence-electron chi connectivity index (χ0n) is 12.7. The number of aromatic nitrogens is 2. The Kier molecular flexibility index (Phi) is 4.72. The quantitative estimate of drug-likeness (QED) is 0.684. The fourth-order valence-electron chi connectivity index (χ4n) is 2.68. The molecule has 0 bridgehead atoms. The molecular weight excluding hydrogens is 282 g/mol. The molecule has 1 saturated heterocycles. The molecule has 3 rings (SSSR count). The standard InChI is InChI=1S/C15H23N5O2/c21-14(4-1-11-5-6-16-7-11)19-13-8-17-20(9-13)10-15(22)18-12-2-3-12/h8-9,11-12,16H,1-7,10H2,(H,18,22)(H,19,21). The van der Waals surface area contributed by atoms with Crippen molar-refractivity contribution in [2.24, 2.45) is 5.92 Å². The van der Waals surface area contributed by atoms with Gasteiger partial charge in [0.25, 0.3) is 0 Å². The van der Waals surface area contributed by atoms with E-state index in [1.165, 1.54) is 0 Å². The second-order valence-electron chi connectivity index (χ2n) is 6.21. The first kappa shape index (κ1) is 15.0. The first-order valence-electron chi connectivity index (χ1n) is 8.01. The molecule has 1 aliphatic carbocycles. The topological polar surface area (TPSA) is 88.1 Å². The molecule has 1 aromatic rings. The number of anilines is 1. The molecule has 1 aliphatic heterocycles. The largest absolute Gasteiger partial charge is 0.352 e. The van der Waals surface area contributed by atoms with Crippen LogP contribution in [0.1, 0.15) is 32.1 Å². The lowest BCUT2D eigenvalue weighted by Crippen LogP contribution is -2.29. The van der Waals surface area contributed by atoms with Crippen LogP contribution in [0.5, 0.6) is 0 Å². The summed E-state index contributed by atoms with van der Waals surface area (Å²) in [6, 6.07) is 0.354. The zero-order valence-corrected chi connectivity index (χ0v) is 12.7. The zero-order chi connectivity index (χ0) is 15.4. The second kappa shape index (κ2) is 6.91. The van der Waals surface area contributed by atoms with Gasteiger partial charge in [-0.3, -0.25) is 14.3 Å². The van der Waals surface area contributed by atoms with Crippen molar-refractivity contribution >= 4 is 17.5 Å². The van der Waals surface area contributed by atoms with Gasteiger partial charge >= 0.3 is 0 Å². The van der Waals surface area contributed by atoms with Crippen LogP contribution in [0.25, 0.3) is 0 Å².